The van der Waals surface area contributed by atoms with Crippen molar-refractivity contribution in [2.45, 2.75) is 6.92 Å². The average Bonchev–Trinajstić information content (AvgIpc) is 2.76. The van der Waals surface area contributed by atoms with Crippen molar-refractivity contribution in [2.24, 2.45) is 0 Å². The van der Waals surface area contributed by atoms with Crippen molar-refractivity contribution in [3.8, 4) is 0 Å². The molecule has 0 radical (unpaired) electrons. The van der Waals surface area contributed by atoms with E-state index in [0.29, 0.717) is 0 Å². The van der Waals surface area contributed by atoms with Crippen LogP contribution in [0.3, 0.4) is 0 Å². The van der Waals surface area contributed by atoms with Gasteiger partial charge in [0.2, 0.25) is 0 Å². The van der Waals surface area contributed by atoms with Crippen LogP contribution in [-0.2, 0) is 0 Å². The van der Waals surface area contributed by atoms with Crippen molar-refractivity contribution in [3.05, 3.63) is 66.8 Å². The van der Waals surface area contributed by atoms with E-state index in [1.807, 2.05) is 37.3 Å². The van der Waals surface area contributed by atoms with E-state index in [4.69, 9.17) is 4.42 Å². The Bertz CT molecular complexity index is 759. The van der Waals surface area contributed by atoms with Crippen LogP contribution in [0.1, 0.15) is 12.5 Å². The van der Waals surface area contributed by atoms with Gasteiger partial charge in [-0.25, -0.2) is 0 Å². The van der Waals surface area contributed by atoms with Crippen LogP contribution in [0.4, 0.5) is 0 Å². The summed E-state index contributed by atoms with van der Waals surface area (Å²) in [7, 11) is 0. The summed E-state index contributed by atoms with van der Waals surface area (Å²) in [6, 6.07) is 14.3. The van der Waals surface area contributed by atoms with Crippen molar-refractivity contribution in [3.63, 3.8) is 0 Å². The molecule has 0 atom stereocenters. The summed E-state index contributed by atoms with van der Waals surface area (Å²) >= 11 is 0. The van der Waals surface area contributed by atoms with Crippen LogP contribution >= 0.6 is 0 Å². The molecule has 0 unspecified atom stereocenters. The largest absolute Gasteiger partial charge is 0.456 e. The summed E-state index contributed by atoms with van der Waals surface area (Å²) in [6.07, 6.45) is 4.00. The third-order valence-corrected chi connectivity index (χ3v) is 3.12. The lowest BCUT2D eigenvalue weighted by molar-refractivity contribution is 0.669. The fraction of sp³-hybridized carbons (Fsp3) is 0.0588. The first-order valence-electron chi connectivity index (χ1n) is 6.03. The molecule has 1 heteroatoms. The lowest BCUT2D eigenvalue weighted by Gasteiger charge is -1.99. The Morgan fingerprint density at radius 2 is 1.83 bits per heavy atom. The maximum absolute atomic E-state index is 5.86. The Morgan fingerprint density at radius 3 is 2.67 bits per heavy atom. The number of hydrogen-bond donors (Lipinski definition) is 0. The van der Waals surface area contributed by atoms with Crippen molar-refractivity contribution in [1.29, 1.82) is 0 Å². The smallest absolute Gasteiger partial charge is 0.136 e. The molecule has 0 aliphatic carbocycles. The summed E-state index contributed by atoms with van der Waals surface area (Å²) in [5, 5.41) is 2.32. The zero-order valence-corrected chi connectivity index (χ0v) is 10.3. The summed E-state index contributed by atoms with van der Waals surface area (Å²) in [6.45, 7) is 6.04. The number of allylic oxidation sites excluding steroid dienone is 3. The second-order valence-electron chi connectivity index (χ2n) is 4.33. The third kappa shape index (κ3) is 1.65. The molecule has 1 nitrogen and oxygen atoms in total. The first-order valence-corrected chi connectivity index (χ1v) is 6.03. The van der Waals surface area contributed by atoms with Crippen LogP contribution in [0, 0.1) is 0 Å². The number of benzene rings is 2. The Hall–Kier alpha value is -2.28. The molecule has 0 N–H and O–H groups in total. The normalized spacial score (nSPS) is 11.6. The molecule has 1 aromatic heterocycles. The van der Waals surface area contributed by atoms with Gasteiger partial charge in [-0.2, -0.15) is 0 Å². The summed E-state index contributed by atoms with van der Waals surface area (Å²) in [5.74, 6) is 0. The van der Waals surface area contributed by atoms with Gasteiger partial charge in [0.15, 0.2) is 0 Å². The molecule has 0 bridgehead atoms. The predicted molar refractivity (Wildman–Crippen MR) is 77.6 cm³/mol. The first kappa shape index (κ1) is 10.8. The molecule has 88 valence electrons. The molecular weight excluding hydrogens is 220 g/mol. The highest BCUT2D eigenvalue weighted by Gasteiger charge is 2.06. The van der Waals surface area contributed by atoms with Crippen LogP contribution in [0.25, 0.3) is 27.5 Å². The molecule has 3 rings (SSSR count). The van der Waals surface area contributed by atoms with E-state index in [0.717, 1.165) is 33.1 Å². The summed E-state index contributed by atoms with van der Waals surface area (Å²) < 4.78 is 5.86. The third-order valence-electron chi connectivity index (χ3n) is 3.12. The second kappa shape index (κ2) is 4.19. The quantitative estimate of drug-likeness (QED) is 0.557. The van der Waals surface area contributed by atoms with Crippen LogP contribution in [0.5, 0.6) is 0 Å². The number of hydrogen-bond acceptors (Lipinski definition) is 1. The zero-order chi connectivity index (χ0) is 12.5. The Kier molecular flexibility index (Phi) is 2.52. The minimum absolute atomic E-state index is 0.916. The Balaban J connectivity index is 2.24. The van der Waals surface area contributed by atoms with Gasteiger partial charge in [0.25, 0.3) is 0 Å². The Labute approximate surface area is 106 Å². The molecule has 0 aliphatic heterocycles. The summed E-state index contributed by atoms with van der Waals surface area (Å²) in [5.41, 5.74) is 3.94. The molecule has 0 amide bonds. The van der Waals surface area contributed by atoms with Gasteiger partial charge in [0, 0.05) is 10.8 Å². The maximum atomic E-state index is 5.86. The van der Waals surface area contributed by atoms with Crippen LogP contribution in [0.2, 0.25) is 0 Å². The van der Waals surface area contributed by atoms with Crippen molar-refractivity contribution >= 4 is 27.5 Å². The van der Waals surface area contributed by atoms with Gasteiger partial charge in [-0.1, -0.05) is 43.0 Å². The molecule has 0 saturated heterocycles. The van der Waals surface area contributed by atoms with Crippen molar-refractivity contribution in [1.82, 2.24) is 0 Å². The molecule has 0 spiro atoms. The Morgan fingerprint density at radius 1 is 1.06 bits per heavy atom. The van der Waals surface area contributed by atoms with Gasteiger partial charge in [-0.3, -0.25) is 0 Å². The van der Waals surface area contributed by atoms with E-state index in [2.05, 4.69) is 30.8 Å². The SMILES string of the molecule is C=C(/C=C\C)c1ccc2c(c1)oc1ccccc12. The van der Waals surface area contributed by atoms with E-state index < -0.39 is 0 Å². The van der Waals surface area contributed by atoms with Gasteiger partial charge < -0.3 is 4.42 Å². The van der Waals surface area contributed by atoms with E-state index in [9.17, 15) is 0 Å². The maximum Gasteiger partial charge on any atom is 0.136 e. The van der Waals surface area contributed by atoms with Crippen molar-refractivity contribution < 1.29 is 4.42 Å². The van der Waals surface area contributed by atoms with Gasteiger partial charge in [0.05, 0.1) is 0 Å². The van der Waals surface area contributed by atoms with Crippen LogP contribution in [0.15, 0.2) is 65.6 Å². The van der Waals surface area contributed by atoms with Crippen LogP contribution < -0.4 is 0 Å². The number of rotatable bonds is 2. The van der Waals surface area contributed by atoms with Crippen LogP contribution in [-0.4, -0.2) is 0 Å². The van der Waals surface area contributed by atoms with Gasteiger partial charge in [-0.15, -0.1) is 0 Å². The van der Waals surface area contributed by atoms with Crippen molar-refractivity contribution in [2.75, 3.05) is 0 Å². The monoisotopic (exact) mass is 234 g/mol. The highest BCUT2D eigenvalue weighted by molar-refractivity contribution is 6.05. The fourth-order valence-corrected chi connectivity index (χ4v) is 2.22. The predicted octanol–water partition coefficient (Wildman–Crippen LogP) is 5.18. The number of para-hydroxylation sites is 1. The number of furan rings is 1. The molecule has 3 aromatic rings. The lowest BCUT2D eigenvalue weighted by atomic mass is 10.0. The van der Waals surface area contributed by atoms with Gasteiger partial charge >= 0.3 is 0 Å². The molecule has 0 saturated carbocycles. The van der Waals surface area contributed by atoms with Gasteiger partial charge in [0.1, 0.15) is 11.2 Å². The zero-order valence-electron chi connectivity index (χ0n) is 10.3. The van der Waals surface area contributed by atoms with E-state index in [1.165, 1.54) is 0 Å². The van der Waals surface area contributed by atoms with E-state index >= 15 is 0 Å². The molecule has 18 heavy (non-hydrogen) atoms. The molecular formula is C17H14O. The van der Waals surface area contributed by atoms with E-state index in [-0.39, 0.29) is 0 Å². The summed E-state index contributed by atoms with van der Waals surface area (Å²) in [4.78, 5) is 0. The lowest BCUT2D eigenvalue weighted by Crippen LogP contribution is -1.78. The topological polar surface area (TPSA) is 13.1 Å². The minimum atomic E-state index is 0.916. The molecule has 0 fully saturated rings. The van der Waals surface area contributed by atoms with Gasteiger partial charge in [-0.05, 0) is 36.3 Å². The number of fused-ring (bicyclic) bond motifs is 3. The standard InChI is InChI=1S/C17H14O/c1-3-6-12(2)13-9-10-15-14-7-4-5-8-16(14)18-17(15)11-13/h3-11H,2H2,1H3/b6-3-. The molecule has 0 aliphatic rings. The second-order valence-corrected chi connectivity index (χ2v) is 4.33. The average molecular weight is 234 g/mol. The molecule has 2 aromatic carbocycles. The van der Waals surface area contributed by atoms with E-state index in [1.54, 1.807) is 0 Å². The first-order chi connectivity index (χ1) is 8.79. The minimum Gasteiger partial charge on any atom is -0.456 e. The highest BCUT2D eigenvalue weighted by Crippen LogP contribution is 2.30. The molecule has 1 heterocycles. The highest BCUT2D eigenvalue weighted by atomic mass is 16.3. The fourth-order valence-electron chi connectivity index (χ4n) is 2.22.